The monoisotopic (exact) mass is 313 g/mol. The molecule has 3 rings (SSSR count). The normalized spacial score (nSPS) is 10.7. The average molecular weight is 313 g/mol. The number of hydrogen-bond acceptors (Lipinski definition) is 4. The third-order valence-corrected chi connectivity index (χ3v) is 4.63. The van der Waals surface area contributed by atoms with E-state index < -0.39 is 0 Å². The first-order valence-corrected chi connectivity index (χ1v) is 7.96. The summed E-state index contributed by atoms with van der Waals surface area (Å²) in [6.07, 6.45) is 0. The van der Waals surface area contributed by atoms with Crippen molar-refractivity contribution in [2.24, 2.45) is 7.05 Å². The van der Waals surface area contributed by atoms with Crippen LogP contribution in [0.5, 0.6) is 5.75 Å². The summed E-state index contributed by atoms with van der Waals surface area (Å²) in [5.74, 6) is 0.830. The smallest absolute Gasteiger partial charge is 0.187 e. The number of hydrogen-bond donors (Lipinski definition) is 1. The van der Waals surface area contributed by atoms with E-state index in [0.717, 1.165) is 22.3 Å². The molecule has 1 N–H and O–H groups in total. The molecule has 0 aliphatic heterocycles. The summed E-state index contributed by atoms with van der Waals surface area (Å²) in [5, 5.41) is 6.30. The van der Waals surface area contributed by atoms with Gasteiger partial charge in [0.25, 0.3) is 0 Å². The molecular formula is C17H19N3OS. The van der Waals surface area contributed by atoms with E-state index in [9.17, 15) is 0 Å². The molecule has 0 atom stereocenters. The van der Waals surface area contributed by atoms with Crippen molar-refractivity contribution >= 4 is 22.2 Å². The molecule has 0 unspecified atom stereocenters. The SMILES string of the molecule is COc1cccc(Nc2nc(-c3cc(C)n(C)c3C)cs2)c1. The predicted octanol–water partition coefficient (Wildman–Crippen LogP) is 4.52. The number of nitrogens with one attached hydrogen (secondary N) is 1. The Morgan fingerprint density at radius 2 is 2.05 bits per heavy atom. The van der Waals surface area contributed by atoms with Crippen LogP contribution in [0.25, 0.3) is 11.3 Å². The highest BCUT2D eigenvalue weighted by Crippen LogP contribution is 2.31. The van der Waals surface area contributed by atoms with E-state index >= 15 is 0 Å². The zero-order valence-electron chi connectivity index (χ0n) is 13.2. The number of ether oxygens (including phenoxy) is 1. The number of methoxy groups -OCH3 is 1. The molecule has 0 saturated heterocycles. The van der Waals surface area contributed by atoms with Crippen molar-refractivity contribution in [3.8, 4) is 17.0 Å². The van der Waals surface area contributed by atoms with Crippen molar-refractivity contribution in [2.75, 3.05) is 12.4 Å². The molecule has 0 amide bonds. The molecular weight excluding hydrogens is 294 g/mol. The number of aryl methyl sites for hydroxylation is 1. The Kier molecular flexibility index (Phi) is 3.90. The second kappa shape index (κ2) is 5.85. The van der Waals surface area contributed by atoms with Gasteiger partial charge in [-0.3, -0.25) is 0 Å². The van der Waals surface area contributed by atoms with Crippen LogP contribution in [0.2, 0.25) is 0 Å². The van der Waals surface area contributed by atoms with Crippen molar-refractivity contribution < 1.29 is 4.74 Å². The number of anilines is 2. The number of rotatable bonds is 4. The van der Waals surface area contributed by atoms with Crippen LogP contribution in [0.1, 0.15) is 11.4 Å². The largest absolute Gasteiger partial charge is 0.497 e. The van der Waals surface area contributed by atoms with E-state index in [-0.39, 0.29) is 0 Å². The van der Waals surface area contributed by atoms with Crippen molar-refractivity contribution in [1.29, 1.82) is 0 Å². The second-order valence-electron chi connectivity index (χ2n) is 5.24. The van der Waals surface area contributed by atoms with Crippen LogP contribution in [-0.2, 0) is 7.05 Å². The van der Waals surface area contributed by atoms with Gasteiger partial charge in [0, 0.05) is 41.1 Å². The molecule has 0 spiro atoms. The van der Waals surface area contributed by atoms with Gasteiger partial charge in [0.2, 0.25) is 0 Å². The summed E-state index contributed by atoms with van der Waals surface area (Å²) in [5.41, 5.74) is 5.64. The maximum absolute atomic E-state index is 5.24. The lowest BCUT2D eigenvalue weighted by Gasteiger charge is -2.04. The minimum Gasteiger partial charge on any atom is -0.497 e. The number of nitrogens with zero attached hydrogens (tertiary/aromatic N) is 2. The fourth-order valence-electron chi connectivity index (χ4n) is 2.39. The van der Waals surface area contributed by atoms with Gasteiger partial charge in [-0.25, -0.2) is 4.98 Å². The Labute approximate surface area is 134 Å². The van der Waals surface area contributed by atoms with Crippen LogP contribution in [0.15, 0.2) is 35.7 Å². The van der Waals surface area contributed by atoms with Gasteiger partial charge in [0.05, 0.1) is 12.8 Å². The van der Waals surface area contributed by atoms with E-state index in [0.29, 0.717) is 0 Å². The van der Waals surface area contributed by atoms with Gasteiger partial charge in [-0.2, -0.15) is 0 Å². The lowest BCUT2D eigenvalue weighted by Crippen LogP contribution is -1.93. The van der Waals surface area contributed by atoms with Crippen LogP contribution < -0.4 is 10.1 Å². The third kappa shape index (κ3) is 2.72. The van der Waals surface area contributed by atoms with Gasteiger partial charge in [-0.15, -0.1) is 11.3 Å². The van der Waals surface area contributed by atoms with Crippen molar-refractivity contribution in [3.05, 3.63) is 47.1 Å². The molecule has 0 aliphatic rings. The Hall–Kier alpha value is -2.27. The fourth-order valence-corrected chi connectivity index (χ4v) is 3.12. The Morgan fingerprint density at radius 3 is 2.73 bits per heavy atom. The Morgan fingerprint density at radius 1 is 1.23 bits per heavy atom. The molecule has 0 saturated carbocycles. The number of benzene rings is 1. The van der Waals surface area contributed by atoms with Gasteiger partial charge in [-0.1, -0.05) is 6.07 Å². The summed E-state index contributed by atoms with van der Waals surface area (Å²) in [6.45, 7) is 4.23. The van der Waals surface area contributed by atoms with Crippen LogP contribution in [-0.4, -0.2) is 16.7 Å². The summed E-state index contributed by atoms with van der Waals surface area (Å²) >= 11 is 1.60. The van der Waals surface area contributed by atoms with E-state index in [1.54, 1.807) is 18.4 Å². The molecule has 4 nitrogen and oxygen atoms in total. The predicted molar refractivity (Wildman–Crippen MR) is 92.3 cm³/mol. The van der Waals surface area contributed by atoms with Crippen LogP contribution >= 0.6 is 11.3 Å². The first-order chi connectivity index (χ1) is 10.6. The molecule has 22 heavy (non-hydrogen) atoms. The first kappa shape index (κ1) is 14.7. The third-order valence-electron chi connectivity index (χ3n) is 3.88. The molecule has 1 aromatic carbocycles. The minimum atomic E-state index is 0.830. The van der Waals surface area contributed by atoms with E-state index in [1.807, 2.05) is 24.3 Å². The van der Waals surface area contributed by atoms with E-state index in [4.69, 9.17) is 9.72 Å². The highest BCUT2D eigenvalue weighted by atomic mass is 32.1. The fraction of sp³-hybridized carbons (Fsp3) is 0.235. The quantitative estimate of drug-likeness (QED) is 0.770. The zero-order chi connectivity index (χ0) is 15.7. The summed E-state index contributed by atoms with van der Waals surface area (Å²) < 4.78 is 7.42. The molecule has 0 aliphatic carbocycles. The zero-order valence-corrected chi connectivity index (χ0v) is 14.0. The van der Waals surface area contributed by atoms with Gasteiger partial charge >= 0.3 is 0 Å². The summed E-state index contributed by atoms with van der Waals surface area (Å²) in [7, 11) is 3.75. The van der Waals surface area contributed by atoms with Gasteiger partial charge < -0.3 is 14.6 Å². The molecule has 0 radical (unpaired) electrons. The summed E-state index contributed by atoms with van der Waals surface area (Å²) in [4.78, 5) is 4.70. The molecule has 2 heterocycles. The van der Waals surface area contributed by atoms with E-state index in [2.05, 4.69) is 42.2 Å². The van der Waals surface area contributed by atoms with Crippen LogP contribution in [0, 0.1) is 13.8 Å². The maximum Gasteiger partial charge on any atom is 0.187 e. The van der Waals surface area contributed by atoms with Gasteiger partial charge in [0.15, 0.2) is 5.13 Å². The second-order valence-corrected chi connectivity index (χ2v) is 6.10. The molecule has 114 valence electrons. The van der Waals surface area contributed by atoms with Crippen molar-refractivity contribution in [3.63, 3.8) is 0 Å². The lowest BCUT2D eigenvalue weighted by molar-refractivity contribution is 0.415. The highest BCUT2D eigenvalue weighted by molar-refractivity contribution is 7.14. The average Bonchev–Trinajstić information content (AvgIpc) is 3.08. The van der Waals surface area contributed by atoms with E-state index in [1.165, 1.54) is 17.0 Å². The Bertz CT molecular complexity index is 804. The lowest BCUT2D eigenvalue weighted by atomic mass is 10.2. The standard InChI is InChI=1S/C17H19N3OS/c1-11-8-15(12(2)20(11)3)16-10-22-17(19-16)18-13-6-5-7-14(9-13)21-4/h5-10H,1-4H3,(H,18,19). The van der Waals surface area contributed by atoms with Gasteiger partial charge in [0.1, 0.15) is 5.75 Å². The molecule has 5 heteroatoms. The van der Waals surface area contributed by atoms with Crippen LogP contribution in [0.3, 0.4) is 0 Å². The number of aromatic nitrogens is 2. The Balaban J connectivity index is 1.86. The summed E-state index contributed by atoms with van der Waals surface area (Å²) in [6, 6.07) is 10.0. The van der Waals surface area contributed by atoms with Gasteiger partial charge in [-0.05, 0) is 32.0 Å². The number of thiazole rings is 1. The van der Waals surface area contributed by atoms with Crippen molar-refractivity contribution in [1.82, 2.24) is 9.55 Å². The first-order valence-electron chi connectivity index (χ1n) is 7.08. The molecule has 2 aromatic heterocycles. The molecule has 3 aromatic rings. The molecule has 0 fully saturated rings. The molecule has 0 bridgehead atoms. The van der Waals surface area contributed by atoms with Crippen LogP contribution in [0.4, 0.5) is 10.8 Å². The highest BCUT2D eigenvalue weighted by Gasteiger charge is 2.12. The van der Waals surface area contributed by atoms with Crippen molar-refractivity contribution in [2.45, 2.75) is 13.8 Å². The minimum absolute atomic E-state index is 0.830. The maximum atomic E-state index is 5.24. The topological polar surface area (TPSA) is 39.1 Å².